The van der Waals surface area contributed by atoms with Gasteiger partial charge in [-0.2, -0.15) is 0 Å². The normalized spacial score (nSPS) is 10.4. The molecule has 0 fully saturated rings. The lowest BCUT2D eigenvalue weighted by Crippen LogP contribution is -2.29. The minimum absolute atomic E-state index is 0.247. The Morgan fingerprint density at radius 3 is 2.23 bits per heavy atom. The number of nitrogens with one attached hydrogen (secondary N) is 3. The maximum absolute atomic E-state index is 5.99. The number of thiocarbonyl (C=S) groups is 2. The van der Waals surface area contributed by atoms with E-state index in [1.54, 1.807) is 18.2 Å². The zero-order valence-corrected chi connectivity index (χ0v) is 20.4. The van der Waals surface area contributed by atoms with Crippen LogP contribution in [-0.4, -0.2) is 23.4 Å². The maximum atomic E-state index is 5.99. The Hall–Kier alpha value is -1.80. The second-order valence-electron chi connectivity index (χ2n) is 7.03. The number of hydrogen-bond acceptors (Lipinski definition) is 3. The average Bonchev–Trinajstić information content (AvgIpc) is 2.68. The fourth-order valence-electron chi connectivity index (χ4n) is 2.93. The molecule has 9 heteroatoms. The lowest BCUT2D eigenvalue weighted by molar-refractivity contribution is 0.304. The first-order chi connectivity index (χ1) is 14.9. The number of unbranched alkanes of at least 4 members (excludes halogenated alkanes) is 5. The highest BCUT2D eigenvalue weighted by Gasteiger charge is 2.01. The van der Waals surface area contributed by atoms with Crippen LogP contribution in [0.1, 0.15) is 38.5 Å². The van der Waals surface area contributed by atoms with Crippen molar-refractivity contribution in [3.8, 4) is 5.75 Å². The molecule has 0 heterocycles. The number of nitrogens with two attached hydrogens (primary N) is 1. The molecule has 0 saturated heterocycles. The zero-order valence-electron chi connectivity index (χ0n) is 17.3. The quantitative estimate of drug-likeness (QED) is 0.200. The monoisotopic (exact) mass is 498 g/mol. The van der Waals surface area contributed by atoms with Crippen molar-refractivity contribution in [1.29, 1.82) is 0 Å². The van der Waals surface area contributed by atoms with Gasteiger partial charge in [0, 0.05) is 34.0 Å². The summed E-state index contributed by atoms with van der Waals surface area (Å²) in [6.07, 6.45) is 6.79. The Morgan fingerprint density at radius 1 is 0.839 bits per heavy atom. The summed E-state index contributed by atoms with van der Waals surface area (Å²) < 4.78 is 5.79. The summed E-state index contributed by atoms with van der Waals surface area (Å²) in [4.78, 5) is 0. The van der Waals surface area contributed by atoms with Crippen molar-refractivity contribution in [2.45, 2.75) is 38.5 Å². The molecule has 31 heavy (non-hydrogen) atoms. The van der Waals surface area contributed by atoms with E-state index in [9.17, 15) is 0 Å². The Bertz CT molecular complexity index is 847. The van der Waals surface area contributed by atoms with Crippen molar-refractivity contribution in [3.63, 3.8) is 0 Å². The molecule has 0 bridgehead atoms. The van der Waals surface area contributed by atoms with E-state index in [1.807, 2.05) is 24.3 Å². The van der Waals surface area contributed by atoms with Crippen LogP contribution in [-0.2, 0) is 0 Å². The van der Waals surface area contributed by atoms with Gasteiger partial charge in [-0.1, -0.05) is 55.0 Å². The van der Waals surface area contributed by atoms with E-state index < -0.39 is 0 Å². The molecule has 0 aliphatic carbocycles. The van der Waals surface area contributed by atoms with E-state index in [0.29, 0.717) is 21.8 Å². The fraction of sp³-hybridized carbons (Fsp3) is 0.364. The second kappa shape index (κ2) is 14.3. The summed E-state index contributed by atoms with van der Waals surface area (Å²) in [5, 5.41) is 11.2. The van der Waals surface area contributed by atoms with Crippen LogP contribution in [0.15, 0.2) is 42.5 Å². The number of ether oxygens (including phenoxy) is 1. The van der Waals surface area contributed by atoms with Crippen LogP contribution in [0, 0.1) is 0 Å². The zero-order chi connectivity index (χ0) is 22.5. The summed E-state index contributed by atoms with van der Waals surface area (Å²) in [5.41, 5.74) is 7.10. The van der Waals surface area contributed by atoms with Gasteiger partial charge in [0.1, 0.15) is 5.75 Å². The summed E-state index contributed by atoms with van der Waals surface area (Å²) in [5.74, 6) is 0.817. The second-order valence-corrected chi connectivity index (χ2v) is 8.75. The number of rotatable bonds is 12. The van der Waals surface area contributed by atoms with Gasteiger partial charge in [-0.25, -0.2) is 0 Å². The smallest absolute Gasteiger partial charge is 0.170 e. The predicted octanol–water partition coefficient (Wildman–Crippen LogP) is 6.35. The van der Waals surface area contributed by atoms with Gasteiger partial charge in [-0.05, 0) is 67.6 Å². The molecule has 0 saturated carbocycles. The standard InChI is InChI=1S/C22H28Cl2N4OS2/c23-16-12-17(24)14-19(13-16)28-22(31)26-10-5-3-1-2-4-6-11-29-20-9-7-8-18(15-20)27-21(25)30/h7-9,12-15H,1-6,10-11H2,(H3,25,27,30)(H2,26,28,31). The summed E-state index contributed by atoms with van der Waals surface area (Å²) >= 11 is 22.1. The van der Waals surface area contributed by atoms with E-state index in [2.05, 4.69) is 16.0 Å². The summed E-state index contributed by atoms with van der Waals surface area (Å²) in [6, 6.07) is 12.9. The highest BCUT2D eigenvalue weighted by molar-refractivity contribution is 7.80. The van der Waals surface area contributed by atoms with E-state index >= 15 is 0 Å². The lowest BCUT2D eigenvalue weighted by Gasteiger charge is -2.11. The van der Waals surface area contributed by atoms with Crippen molar-refractivity contribution < 1.29 is 4.74 Å². The van der Waals surface area contributed by atoms with Crippen LogP contribution < -0.4 is 26.4 Å². The number of benzene rings is 2. The minimum Gasteiger partial charge on any atom is -0.494 e. The molecule has 2 aromatic rings. The first-order valence-corrected chi connectivity index (χ1v) is 11.8. The van der Waals surface area contributed by atoms with Gasteiger partial charge >= 0.3 is 0 Å². The molecule has 0 aromatic heterocycles. The maximum Gasteiger partial charge on any atom is 0.170 e. The molecule has 0 amide bonds. The van der Waals surface area contributed by atoms with Crippen LogP contribution >= 0.6 is 47.6 Å². The van der Waals surface area contributed by atoms with E-state index in [4.69, 9.17) is 58.1 Å². The van der Waals surface area contributed by atoms with Crippen molar-refractivity contribution >= 4 is 69.2 Å². The summed E-state index contributed by atoms with van der Waals surface area (Å²) in [6.45, 7) is 1.53. The molecule has 2 rings (SSSR count). The Balaban J connectivity index is 1.47. The van der Waals surface area contributed by atoms with Crippen molar-refractivity contribution in [3.05, 3.63) is 52.5 Å². The minimum atomic E-state index is 0.247. The third kappa shape index (κ3) is 11.4. The first-order valence-electron chi connectivity index (χ1n) is 10.2. The van der Waals surface area contributed by atoms with Crippen LogP contribution in [0.2, 0.25) is 10.0 Å². The third-order valence-corrected chi connectivity index (χ3v) is 5.13. The molecular weight excluding hydrogens is 471 g/mol. The SMILES string of the molecule is NC(=S)Nc1cccc(OCCCCCCCCNC(=S)Nc2cc(Cl)cc(Cl)c2)c1. The van der Waals surface area contributed by atoms with Crippen molar-refractivity contribution in [2.75, 3.05) is 23.8 Å². The van der Waals surface area contributed by atoms with Gasteiger partial charge in [0.15, 0.2) is 10.2 Å². The fourth-order valence-corrected chi connectivity index (χ4v) is 3.80. The largest absolute Gasteiger partial charge is 0.494 e. The molecule has 0 aliphatic rings. The average molecular weight is 500 g/mol. The van der Waals surface area contributed by atoms with Crippen LogP contribution in [0.25, 0.3) is 0 Å². The van der Waals surface area contributed by atoms with Crippen LogP contribution in [0.4, 0.5) is 11.4 Å². The van der Waals surface area contributed by atoms with Crippen LogP contribution in [0.5, 0.6) is 5.75 Å². The van der Waals surface area contributed by atoms with Gasteiger partial charge in [-0.3, -0.25) is 0 Å². The Kier molecular flexibility index (Phi) is 11.7. The molecular formula is C22H28Cl2N4OS2. The molecule has 0 unspecified atom stereocenters. The predicted molar refractivity (Wildman–Crippen MR) is 141 cm³/mol. The van der Waals surface area contributed by atoms with Crippen molar-refractivity contribution in [2.24, 2.45) is 5.73 Å². The Morgan fingerprint density at radius 2 is 1.52 bits per heavy atom. The van der Waals surface area contributed by atoms with Gasteiger partial charge in [0.05, 0.1) is 6.61 Å². The molecule has 5 N–H and O–H groups in total. The lowest BCUT2D eigenvalue weighted by atomic mass is 10.1. The van der Waals surface area contributed by atoms with Gasteiger partial charge < -0.3 is 26.4 Å². The van der Waals surface area contributed by atoms with E-state index in [0.717, 1.165) is 49.4 Å². The number of anilines is 2. The number of hydrogen-bond donors (Lipinski definition) is 4. The van der Waals surface area contributed by atoms with E-state index in [1.165, 1.54) is 12.8 Å². The molecule has 5 nitrogen and oxygen atoms in total. The Labute approximate surface area is 205 Å². The van der Waals surface area contributed by atoms with E-state index in [-0.39, 0.29) is 5.11 Å². The highest BCUT2D eigenvalue weighted by atomic mass is 35.5. The molecule has 0 aliphatic heterocycles. The van der Waals surface area contributed by atoms with Crippen LogP contribution in [0.3, 0.4) is 0 Å². The van der Waals surface area contributed by atoms with Gasteiger partial charge in [0.25, 0.3) is 0 Å². The first kappa shape index (κ1) is 25.5. The molecule has 0 spiro atoms. The van der Waals surface area contributed by atoms with Gasteiger partial charge in [-0.15, -0.1) is 0 Å². The molecule has 2 aromatic carbocycles. The highest BCUT2D eigenvalue weighted by Crippen LogP contribution is 2.22. The van der Waals surface area contributed by atoms with Crippen molar-refractivity contribution in [1.82, 2.24) is 5.32 Å². The topological polar surface area (TPSA) is 71.3 Å². The van der Waals surface area contributed by atoms with Gasteiger partial charge in [0.2, 0.25) is 0 Å². The molecule has 168 valence electrons. The summed E-state index contributed by atoms with van der Waals surface area (Å²) in [7, 11) is 0. The third-order valence-electron chi connectivity index (χ3n) is 4.35. The molecule has 0 atom stereocenters. The molecule has 0 radical (unpaired) electrons. The number of halogens is 2.